The highest BCUT2D eigenvalue weighted by Crippen LogP contribution is 2.34. The van der Waals surface area contributed by atoms with Crippen molar-refractivity contribution in [1.82, 2.24) is 4.90 Å². The van der Waals surface area contributed by atoms with Crippen LogP contribution in [0.5, 0.6) is 0 Å². The molecule has 25 heavy (non-hydrogen) atoms. The van der Waals surface area contributed by atoms with Gasteiger partial charge in [-0.25, -0.2) is 4.79 Å². The van der Waals surface area contributed by atoms with Crippen molar-refractivity contribution in [3.8, 4) is 0 Å². The molecule has 0 aliphatic carbocycles. The molecular formula is C19H27NO5. The maximum absolute atomic E-state index is 12.2. The number of amides is 1. The molecule has 138 valence electrons. The van der Waals surface area contributed by atoms with E-state index in [0.29, 0.717) is 45.8 Å². The molecule has 0 saturated carbocycles. The molecule has 1 amide bonds. The number of piperidine rings is 1. The summed E-state index contributed by atoms with van der Waals surface area (Å²) in [4.78, 5) is 13.9. The lowest BCUT2D eigenvalue weighted by atomic mass is 10.0. The lowest BCUT2D eigenvalue weighted by Gasteiger charge is -2.37. The Morgan fingerprint density at radius 2 is 2.04 bits per heavy atom. The average Bonchev–Trinajstić information content (AvgIpc) is 3.04. The second-order valence-corrected chi connectivity index (χ2v) is 6.56. The van der Waals surface area contributed by atoms with Gasteiger partial charge >= 0.3 is 6.09 Å². The number of hydrogen-bond donors (Lipinski definition) is 0. The Kier molecular flexibility index (Phi) is 6.29. The normalized spacial score (nSPS) is 22.3. The highest BCUT2D eigenvalue weighted by Gasteiger charge is 2.44. The molecule has 1 spiro atoms. The Labute approximate surface area is 149 Å². The predicted molar refractivity (Wildman–Crippen MR) is 92.1 cm³/mol. The average molecular weight is 349 g/mol. The number of likely N-dealkylation sites (tertiary alicyclic amines) is 1. The predicted octanol–water partition coefficient (Wildman–Crippen LogP) is 2.96. The standard InChI is InChI=1S/C19H27NO5/c1-2-12-22-14-17-15-24-19(25-17)8-10-20(11-9-19)18(21)23-13-16-6-4-3-5-7-16/h3-7,17H,2,8-15H2,1H3. The van der Waals surface area contributed by atoms with Crippen LogP contribution in [0.1, 0.15) is 31.7 Å². The molecular weight excluding hydrogens is 322 g/mol. The van der Waals surface area contributed by atoms with Gasteiger partial charge in [0, 0.05) is 32.5 Å². The topological polar surface area (TPSA) is 57.2 Å². The van der Waals surface area contributed by atoms with E-state index in [4.69, 9.17) is 18.9 Å². The number of benzene rings is 1. The molecule has 6 nitrogen and oxygen atoms in total. The van der Waals surface area contributed by atoms with Crippen molar-refractivity contribution < 1.29 is 23.7 Å². The number of carbonyl (C=O) groups excluding carboxylic acids is 1. The Balaban J connectivity index is 1.40. The van der Waals surface area contributed by atoms with Gasteiger partial charge in [-0.2, -0.15) is 0 Å². The molecule has 0 radical (unpaired) electrons. The van der Waals surface area contributed by atoms with E-state index < -0.39 is 5.79 Å². The third-order valence-corrected chi connectivity index (χ3v) is 4.55. The highest BCUT2D eigenvalue weighted by molar-refractivity contribution is 5.67. The second-order valence-electron chi connectivity index (χ2n) is 6.56. The molecule has 0 aromatic heterocycles. The van der Waals surface area contributed by atoms with Gasteiger partial charge in [0.05, 0.1) is 13.2 Å². The van der Waals surface area contributed by atoms with Crippen LogP contribution in [0.15, 0.2) is 30.3 Å². The Morgan fingerprint density at radius 1 is 1.28 bits per heavy atom. The van der Waals surface area contributed by atoms with Gasteiger partial charge in [0.25, 0.3) is 0 Å². The molecule has 6 heteroatoms. The van der Waals surface area contributed by atoms with Crippen molar-refractivity contribution in [2.24, 2.45) is 0 Å². The van der Waals surface area contributed by atoms with E-state index in [-0.39, 0.29) is 12.2 Å². The summed E-state index contributed by atoms with van der Waals surface area (Å²) in [6.07, 6.45) is 2.04. The lowest BCUT2D eigenvalue weighted by Crippen LogP contribution is -2.47. The van der Waals surface area contributed by atoms with Gasteiger partial charge in [-0.15, -0.1) is 0 Å². The molecule has 2 aliphatic heterocycles. The summed E-state index contributed by atoms with van der Waals surface area (Å²) in [6, 6.07) is 9.70. The zero-order valence-corrected chi connectivity index (χ0v) is 14.8. The number of carbonyl (C=O) groups is 1. The van der Waals surface area contributed by atoms with Crippen LogP contribution >= 0.6 is 0 Å². The first-order chi connectivity index (χ1) is 12.2. The van der Waals surface area contributed by atoms with E-state index in [1.807, 2.05) is 30.3 Å². The van der Waals surface area contributed by atoms with Gasteiger partial charge < -0.3 is 23.8 Å². The van der Waals surface area contributed by atoms with E-state index in [0.717, 1.165) is 18.6 Å². The highest BCUT2D eigenvalue weighted by atomic mass is 16.8. The zero-order chi connectivity index (χ0) is 17.5. The molecule has 1 aromatic rings. The largest absolute Gasteiger partial charge is 0.445 e. The van der Waals surface area contributed by atoms with Crippen LogP contribution in [0, 0.1) is 0 Å². The first-order valence-electron chi connectivity index (χ1n) is 9.06. The lowest BCUT2D eigenvalue weighted by molar-refractivity contribution is -0.196. The molecule has 2 saturated heterocycles. The van der Waals surface area contributed by atoms with Gasteiger partial charge in [0.1, 0.15) is 12.7 Å². The van der Waals surface area contributed by atoms with Crippen molar-refractivity contribution in [3.63, 3.8) is 0 Å². The number of ether oxygens (including phenoxy) is 4. The second kappa shape index (κ2) is 8.65. The summed E-state index contributed by atoms with van der Waals surface area (Å²) in [5.41, 5.74) is 0.988. The van der Waals surface area contributed by atoms with Crippen molar-refractivity contribution in [2.45, 2.75) is 44.7 Å². The summed E-state index contributed by atoms with van der Waals surface area (Å²) in [5, 5.41) is 0. The third kappa shape index (κ3) is 4.93. The van der Waals surface area contributed by atoms with E-state index in [1.165, 1.54) is 0 Å². The Morgan fingerprint density at radius 3 is 2.76 bits per heavy atom. The molecule has 2 fully saturated rings. The van der Waals surface area contributed by atoms with E-state index >= 15 is 0 Å². The Hall–Kier alpha value is -1.63. The molecule has 1 aromatic carbocycles. The number of nitrogens with zero attached hydrogens (tertiary/aromatic N) is 1. The minimum Gasteiger partial charge on any atom is -0.445 e. The molecule has 2 aliphatic rings. The van der Waals surface area contributed by atoms with Crippen LogP contribution < -0.4 is 0 Å². The molecule has 1 atom stereocenters. The summed E-state index contributed by atoms with van der Waals surface area (Å²) in [6.45, 7) is 5.41. The van der Waals surface area contributed by atoms with Gasteiger partial charge in [-0.3, -0.25) is 0 Å². The van der Waals surface area contributed by atoms with Crippen molar-refractivity contribution in [1.29, 1.82) is 0 Å². The van der Waals surface area contributed by atoms with Gasteiger partial charge in [0.15, 0.2) is 5.79 Å². The van der Waals surface area contributed by atoms with Crippen LogP contribution in [0.25, 0.3) is 0 Å². The van der Waals surface area contributed by atoms with Gasteiger partial charge in [0.2, 0.25) is 0 Å². The van der Waals surface area contributed by atoms with Gasteiger partial charge in [-0.05, 0) is 12.0 Å². The summed E-state index contributed by atoms with van der Waals surface area (Å²) >= 11 is 0. The first kappa shape index (κ1) is 18.2. The Bertz CT molecular complexity index is 542. The summed E-state index contributed by atoms with van der Waals surface area (Å²) in [7, 11) is 0. The number of hydrogen-bond acceptors (Lipinski definition) is 5. The fourth-order valence-electron chi connectivity index (χ4n) is 3.16. The van der Waals surface area contributed by atoms with Crippen molar-refractivity contribution in [3.05, 3.63) is 35.9 Å². The minimum atomic E-state index is -0.559. The molecule has 3 rings (SSSR count). The molecule has 0 bridgehead atoms. The number of rotatable bonds is 6. The fourth-order valence-corrected chi connectivity index (χ4v) is 3.16. The maximum Gasteiger partial charge on any atom is 0.410 e. The van der Waals surface area contributed by atoms with E-state index in [2.05, 4.69) is 6.92 Å². The third-order valence-electron chi connectivity index (χ3n) is 4.55. The van der Waals surface area contributed by atoms with Crippen molar-refractivity contribution >= 4 is 6.09 Å². The smallest absolute Gasteiger partial charge is 0.410 e. The van der Waals surface area contributed by atoms with Gasteiger partial charge in [-0.1, -0.05) is 37.3 Å². The molecule has 1 unspecified atom stereocenters. The fraction of sp³-hybridized carbons (Fsp3) is 0.632. The van der Waals surface area contributed by atoms with Crippen LogP contribution in [0.4, 0.5) is 4.79 Å². The van der Waals surface area contributed by atoms with E-state index in [9.17, 15) is 4.79 Å². The SMILES string of the molecule is CCCOCC1COC2(CCN(C(=O)OCc3ccccc3)CC2)O1. The summed E-state index contributed by atoms with van der Waals surface area (Å²) < 4.78 is 22.9. The van der Waals surface area contributed by atoms with Crippen molar-refractivity contribution in [2.75, 3.05) is 32.9 Å². The van der Waals surface area contributed by atoms with Crippen LogP contribution in [-0.2, 0) is 25.6 Å². The minimum absolute atomic E-state index is 0.0110. The van der Waals surface area contributed by atoms with Crippen LogP contribution in [0.3, 0.4) is 0 Å². The maximum atomic E-state index is 12.2. The quantitative estimate of drug-likeness (QED) is 0.739. The monoisotopic (exact) mass is 349 g/mol. The zero-order valence-electron chi connectivity index (χ0n) is 14.8. The molecule has 0 N–H and O–H groups in total. The van der Waals surface area contributed by atoms with Crippen LogP contribution in [-0.4, -0.2) is 55.8 Å². The van der Waals surface area contributed by atoms with E-state index in [1.54, 1.807) is 4.90 Å². The summed E-state index contributed by atoms with van der Waals surface area (Å²) in [5.74, 6) is -0.559. The van der Waals surface area contributed by atoms with Crippen LogP contribution in [0.2, 0.25) is 0 Å². The first-order valence-corrected chi connectivity index (χ1v) is 9.06. The molecule has 2 heterocycles.